The lowest BCUT2D eigenvalue weighted by Crippen LogP contribution is -2.26. The molecule has 2 heterocycles. The van der Waals surface area contributed by atoms with Gasteiger partial charge in [0.15, 0.2) is 0 Å². The van der Waals surface area contributed by atoms with E-state index < -0.39 is 0 Å². The van der Waals surface area contributed by atoms with E-state index >= 15 is 0 Å². The number of methoxy groups -OCH3 is 1. The first kappa shape index (κ1) is 15.5. The molecule has 0 amide bonds. The molecule has 0 bridgehead atoms. The van der Waals surface area contributed by atoms with Crippen molar-refractivity contribution in [3.8, 4) is 5.75 Å². The van der Waals surface area contributed by atoms with E-state index in [1.807, 2.05) is 18.3 Å². The third kappa shape index (κ3) is 3.18. The van der Waals surface area contributed by atoms with Crippen LogP contribution in [-0.4, -0.2) is 23.5 Å². The number of ether oxygens (including phenoxy) is 1. The van der Waals surface area contributed by atoms with E-state index in [1.54, 1.807) is 7.11 Å². The second-order valence-corrected chi connectivity index (χ2v) is 6.57. The van der Waals surface area contributed by atoms with Crippen molar-refractivity contribution in [3.63, 3.8) is 0 Å². The molecule has 1 unspecified atom stereocenters. The Kier molecular flexibility index (Phi) is 4.79. The van der Waals surface area contributed by atoms with Gasteiger partial charge in [-0.05, 0) is 77.6 Å². The van der Waals surface area contributed by atoms with E-state index in [-0.39, 0.29) is 0 Å². The summed E-state index contributed by atoms with van der Waals surface area (Å²) in [7, 11) is 1.70. The fourth-order valence-corrected chi connectivity index (χ4v) is 3.69. The molecule has 0 spiro atoms. The molecular weight excluding hydrogens is 340 g/mol. The van der Waals surface area contributed by atoms with Gasteiger partial charge in [0.2, 0.25) is 0 Å². The van der Waals surface area contributed by atoms with Gasteiger partial charge in [0.25, 0.3) is 0 Å². The smallest absolute Gasteiger partial charge is 0.118 e. The van der Waals surface area contributed by atoms with E-state index in [0.717, 1.165) is 16.9 Å². The number of hydrogen-bond acceptors (Lipinski definition) is 3. The number of hydrogen-bond donors (Lipinski definition) is 0. The van der Waals surface area contributed by atoms with Gasteiger partial charge in [0, 0.05) is 18.3 Å². The van der Waals surface area contributed by atoms with E-state index in [0.29, 0.717) is 12.1 Å². The summed E-state index contributed by atoms with van der Waals surface area (Å²) in [6, 6.07) is 13.6. The highest BCUT2D eigenvalue weighted by atomic mass is 79.9. The normalized spacial score (nSPS) is 20.0. The van der Waals surface area contributed by atoms with Crippen LogP contribution in [0, 0.1) is 0 Å². The quantitative estimate of drug-likeness (QED) is 0.735. The van der Waals surface area contributed by atoms with E-state index in [9.17, 15) is 0 Å². The average Bonchev–Trinajstić information content (AvgIpc) is 3.04. The van der Waals surface area contributed by atoms with Crippen LogP contribution in [0.3, 0.4) is 0 Å². The van der Waals surface area contributed by atoms with Crippen LogP contribution in [0.4, 0.5) is 0 Å². The summed E-state index contributed by atoms with van der Waals surface area (Å²) < 4.78 is 6.16. The molecule has 4 heteroatoms. The molecule has 0 saturated carbocycles. The Morgan fingerprint density at radius 2 is 2.05 bits per heavy atom. The summed E-state index contributed by atoms with van der Waals surface area (Å²) >= 11 is 3.48. The summed E-state index contributed by atoms with van der Waals surface area (Å²) in [5.74, 6) is 0.909. The topological polar surface area (TPSA) is 25.4 Å². The average molecular weight is 361 g/mol. The van der Waals surface area contributed by atoms with Gasteiger partial charge in [-0.15, -0.1) is 0 Å². The summed E-state index contributed by atoms with van der Waals surface area (Å²) in [4.78, 5) is 6.83. The molecule has 116 valence electrons. The molecule has 3 nitrogen and oxygen atoms in total. The zero-order valence-electron chi connectivity index (χ0n) is 13.0. The maximum absolute atomic E-state index is 5.25. The number of rotatable bonds is 4. The van der Waals surface area contributed by atoms with Gasteiger partial charge in [0.1, 0.15) is 10.4 Å². The van der Waals surface area contributed by atoms with E-state index in [4.69, 9.17) is 4.74 Å². The number of benzene rings is 1. The highest BCUT2D eigenvalue weighted by Crippen LogP contribution is 2.39. The lowest BCUT2D eigenvalue weighted by Gasteiger charge is -2.31. The molecular formula is C18H21BrN2O. The second kappa shape index (κ2) is 6.80. The van der Waals surface area contributed by atoms with Crippen LogP contribution in [0.25, 0.3) is 0 Å². The van der Waals surface area contributed by atoms with Gasteiger partial charge in [-0.25, -0.2) is 4.98 Å². The number of nitrogens with zero attached hydrogens (tertiary/aromatic N) is 2. The highest BCUT2D eigenvalue weighted by molar-refractivity contribution is 9.10. The summed E-state index contributed by atoms with van der Waals surface area (Å²) in [6.45, 7) is 3.42. The SMILES string of the molecule is COc1ccc([C@@H](C)N2CCCC2c2ccnc(Br)c2)cc1. The van der Waals surface area contributed by atoms with Crippen molar-refractivity contribution in [1.82, 2.24) is 9.88 Å². The predicted octanol–water partition coefficient (Wildman–Crippen LogP) is 4.75. The molecule has 0 aliphatic carbocycles. The van der Waals surface area contributed by atoms with Gasteiger partial charge in [0.05, 0.1) is 7.11 Å². The van der Waals surface area contributed by atoms with Crippen molar-refractivity contribution in [1.29, 1.82) is 0 Å². The molecule has 2 atom stereocenters. The van der Waals surface area contributed by atoms with E-state index in [2.05, 4.69) is 57.0 Å². The van der Waals surface area contributed by atoms with Gasteiger partial charge < -0.3 is 4.74 Å². The maximum atomic E-state index is 5.25. The van der Waals surface area contributed by atoms with Gasteiger partial charge in [-0.2, -0.15) is 0 Å². The maximum Gasteiger partial charge on any atom is 0.118 e. The molecule has 1 aromatic heterocycles. The standard InChI is InChI=1S/C18H21BrN2O/c1-13(14-5-7-16(22-2)8-6-14)21-11-3-4-17(21)15-9-10-20-18(19)12-15/h5-10,12-13,17H,3-4,11H2,1-2H3/t13-,17?/m1/s1. The van der Waals surface area contributed by atoms with Crippen LogP contribution < -0.4 is 4.74 Å². The fourth-order valence-electron chi connectivity index (χ4n) is 3.31. The van der Waals surface area contributed by atoms with E-state index in [1.165, 1.54) is 24.0 Å². The third-order valence-corrected chi connectivity index (χ3v) is 4.96. The Labute approximate surface area is 140 Å². The molecule has 1 aliphatic heterocycles. The Hall–Kier alpha value is -1.39. The lowest BCUT2D eigenvalue weighted by atomic mass is 10.0. The predicted molar refractivity (Wildman–Crippen MR) is 92.0 cm³/mol. The van der Waals surface area contributed by atoms with Gasteiger partial charge in [-0.3, -0.25) is 4.90 Å². The molecule has 2 aromatic rings. The minimum absolute atomic E-state index is 0.394. The van der Waals surface area contributed by atoms with Crippen molar-refractivity contribution in [2.24, 2.45) is 0 Å². The summed E-state index contributed by atoms with van der Waals surface area (Å²) in [5.41, 5.74) is 2.68. The van der Waals surface area contributed by atoms with Crippen molar-refractivity contribution in [2.75, 3.05) is 13.7 Å². The number of aromatic nitrogens is 1. The Balaban J connectivity index is 1.82. The molecule has 22 heavy (non-hydrogen) atoms. The Morgan fingerprint density at radius 1 is 1.27 bits per heavy atom. The van der Waals surface area contributed by atoms with Crippen molar-refractivity contribution in [3.05, 3.63) is 58.3 Å². The highest BCUT2D eigenvalue weighted by Gasteiger charge is 2.30. The van der Waals surface area contributed by atoms with Crippen LogP contribution in [0.1, 0.15) is 43.0 Å². The van der Waals surface area contributed by atoms with Crippen LogP contribution >= 0.6 is 15.9 Å². The summed E-state index contributed by atoms with van der Waals surface area (Å²) in [5, 5.41) is 0. The first-order valence-electron chi connectivity index (χ1n) is 7.70. The fraction of sp³-hybridized carbons (Fsp3) is 0.389. The van der Waals surface area contributed by atoms with Crippen LogP contribution in [0.15, 0.2) is 47.2 Å². The van der Waals surface area contributed by atoms with Crippen LogP contribution in [0.2, 0.25) is 0 Å². The Morgan fingerprint density at radius 3 is 2.73 bits per heavy atom. The van der Waals surface area contributed by atoms with Crippen molar-refractivity contribution < 1.29 is 4.74 Å². The van der Waals surface area contributed by atoms with Crippen molar-refractivity contribution in [2.45, 2.75) is 31.8 Å². The number of halogens is 1. The zero-order valence-corrected chi connectivity index (χ0v) is 14.6. The molecule has 1 saturated heterocycles. The first-order valence-corrected chi connectivity index (χ1v) is 8.49. The molecule has 1 fully saturated rings. The lowest BCUT2D eigenvalue weighted by molar-refractivity contribution is 0.194. The van der Waals surface area contributed by atoms with Gasteiger partial charge in [-0.1, -0.05) is 12.1 Å². The van der Waals surface area contributed by atoms with Crippen LogP contribution in [-0.2, 0) is 0 Å². The molecule has 0 N–H and O–H groups in total. The molecule has 1 aliphatic rings. The molecule has 0 radical (unpaired) electrons. The van der Waals surface area contributed by atoms with Crippen molar-refractivity contribution >= 4 is 15.9 Å². The zero-order chi connectivity index (χ0) is 15.5. The second-order valence-electron chi connectivity index (χ2n) is 5.76. The minimum atomic E-state index is 0.394. The molecule has 3 rings (SSSR count). The summed E-state index contributed by atoms with van der Waals surface area (Å²) in [6.07, 6.45) is 4.33. The first-order chi connectivity index (χ1) is 10.7. The Bertz CT molecular complexity index is 629. The third-order valence-electron chi connectivity index (χ3n) is 4.53. The minimum Gasteiger partial charge on any atom is -0.497 e. The number of likely N-dealkylation sites (tertiary alicyclic amines) is 1. The number of pyridine rings is 1. The molecule has 1 aromatic carbocycles. The van der Waals surface area contributed by atoms with Gasteiger partial charge >= 0.3 is 0 Å². The monoisotopic (exact) mass is 360 g/mol. The van der Waals surface area contributed by atoms with Crippen LogP contribution in [0.5, 0.6) is 5.75 Å². The largest absolute Gasteiger partial charge is 0.497 e.